The molecule has 0 amide bonds. The SMILES string of the molecule is O=C1CCNC1Cc1ccc(Cl)cc1. The van der Waals surface area contributed by atoms with E-state index in [1.54, 1.807) is 0 Å². The molecule has 0 spiro atoms. The van der Waals surface area contributed by atoms with E-state index in [9.17, 15) is 4.79 Å². The predicted octanol–water partition coefficient (Wildman–Crippen LogP) is 1.81. The van der Waals surface area contributed by atoms with Crippen molar-refractivity contribution < 1.29 is 4.79 Å². The summed E-state index contributed by atoms with van der Waals surface area (Å²) >= 11 is 5.77. The molecule has 0 saturated carbocycles. The number of hydrogen-bond donors (Lipinski definition) is 1. The molecule has 0 bridgehead atoms. The van der Waals surface area contributed by atoms with E-state index in [4.69, 9.17) is 11.6 Å². The molecule has 1 aromatic carbocycles. The van der Waals surface area contributed by atoms with Gasteiger partial charge in [0.15, 0.2) is 5.78 Å². The van der Waals surface area contributed by atoms with Crippen LogP contribution >= 0.6 is 11.6 Å². The fourth-order valence-corrected chi connectivity index (χ4v) is 1.83. The van der Waals surface area contributed by atoms with Crippen LogP contribution in [0.4, 0.5) is 0 Å². The van der Waals surface area contributed by atoms with Gasteiger partial charge in [-0.1, -0.05) is 23.7 Å². The average Bonchev–Trinajstić information content (AvgIpc) is 2.56. The van der Waals surface area contributed by atoms with E-state index < -0.39 is 0 Å². The van der Waals surface area contributed by atoms with E-state index >= 15 is 0 Å². The monoisotopic (exact) mass is 209 g/mol. The molecule has 0 aliphatic carbocycles. The zero-order valence-electron chi connectivity index (χ0n) is 7.79. The van der Waals surface area contributed by atoms with Crippen LogP contribution in [0, 0.1) is 0 Å². The second-order valence-electron chi connectivity index (χ2n) is 3.55. The molecule has 1 aliphatic heterocycles. The van der Waals surface area contributed by atoms with E-state index in [1.807, 2.05) is 24.3 Å². The molecule has 2 nitrogen and oxygen atoms in total. The van der Waals surface area contributed by atoms with Crippen molar-refractivity contribution in [3.05, 3.63) is 34.9 Å². The quantitative estimate of drug-likeness (QED) is 0.805. The van der Waals surface area contributed by atoms with Gasteiger partial charge in [-0.3, -0.25) is 4.79 Å². The standard InChI is InChI=1S/C11H12ClNO/c12-9-3-1-8(2-4-9)7-10-11(14)5-6-13-10/h1-4,10,13H,5-7H2. The highest BCUT2D eigenvalue weighted by molar-refractivity contribution is 6.30. The molecular formula is C11H12ClNO. The summed E-state index contributed by atoms with van der Waals surface area (Å²) in [5, 5.41) is 3.92. The van der Waals surface area contributed by atoms with Crippen LogP contribution in [-0.2, 0) is 11.2 Å². The summed E-state index contributed by atoms with van der Waals surface area (Å²) < 4.78 is 0. The number of nitrogens with one attached hydrogen (secondary N) is 1. The molecule has 3 heteroatoms. The Hall–Kier alpha value is -0.860. The molecule has 2 rings (SSSR count). The Morgan fingerprint density at radius 2 is 2.07 bits per heavy atom. The predicted molar refractivity (Wildman–Crippen MR) is 56.6 cm³/mol. The lowest BCUT2D eigenvalue weighted by atomic mass is 10.0. The van der Waals surface area contributed by atoms with E-state index in [2.05, 4.69) is 5.32 Å². The van der Waals surface area contributed by atoms with Crippen molar-refractivity contribution in [1.29, 1.82) is 0 Å². The molecule has 1 N–H and O–H groups in total. The van der Waals surface area contributed by atoms with Gasteiger partial charge in [-0.05, 0) is 24.1 Å². The zero-order chi connectivity index (χ0) is 9.97. The normalized spacial score (nSPS) is 21.5. The third-order valence-corrected chi connectivity index (χ3v) is 2.76. The first kappa shape index (κ1) is 9.69. The van der Waals surface area contributed by atoms with Crippen molar-refractivity contribution in [2.24, 2.45) is 0 Å². The maximum absolute atomic E-state index is 11.4. The van der Waals surface area contributed by atoms with Crippen molar-refractivity contribution in [2.45, 2.75) is 18.9 Å². The van der Waals surface area contributed by atoms with Crippen LogP contribution in [0.2, 0.25) is 5.02 Å². The summed E-state index contributed by atoms with van der Waals surface area (Å²) in [6.07, 6.45) is 1.44. The Labute approximate surface area is 88.3 Å². The number of carbonyl (C=O) groups excluding carboxylic acids is 1. The van der Waals surface area contributed by atoms with Gasteiger partial charge in [-0.2, -0.15) is 0 Å². The number of carbonyl (C=O) groups is 1. The summed E-state index contributed by atoms with van der Waals surface area (Å²) in [6.45, 7) is 0.817. The number of ketones is 1. The van der Waals surface area contributed by atoms with Crippen LogP contribution in [0.1, 0.15) is 12.0 Å². The van der Waals surface area contributed by atoms with Crippen molar-refractivity contribution in [3.63, 3.8) is 0 Å². The van der Waals surface area contributed by atoms with Crippen LogP contribution < -0.4 is 5.32 Å². The molecule has 0 radical (unpaired) electrons. The van der Waals surface area contributed by atoms with Crippen LogP contribution in [-0.4, -0.2) is 18.4 Å². The number of rotatable bonds is 2. The molecule has 1 atom stereocenters. The maximum atomic E-state index is 11.4. The number of benzene rings is 1. The molecule has 74 valence electrons. The molecule has 14 heavy (non-hydrogen) atoms. The Morgan fingerprint density at radius 1 is 1.36 bits per heavy atom. The summed E-state index contributed by atoms with van der Waals surface area (Å²) in [4.78, 5) is 11.4. The number of halogens is 1. The molecular weight excluding hydrogens is 198 g/mol. The highest BCUT2D eigenvalue weighted by atomic mass is 35.5. The molecule has 1 saturated heterocycles. The van der Waals surface area contributed by atoms with Gasteiger partial charge in [-0.25, -0.2) is 0 Å². The lowest BCUT2D eigenvalue weighted by molar-refractivity contribution is -0.118. The van der Waals surface area contributed by atoms with Gasteiger partial charge in [0.05, 0.1) is 6.04 Å². The topological polar surface area (TPSA) is 29.1 Å². The van der Waals surface area contributed by atoms with Gasteiger partial charge in [0.1, 0.15) is 0 Å². The molecule has 1 aliphatic rings. The number of Topliss-reactive ketones (excluding diaryl/α,β-unsaturated/α-hetero) is 1. The summed E-state index contributed by atoms with van der Waals surface area (Å²) in [5.41, 5.74) is 1.15. The van der Waals surface area contributed by atoms with E-state index in [0.29, 0.717) is 12.2 Å². The first-order valence-corrected chi connectivity index (χ1v) is 5.14. The third-order valence-electron chi connectivity index (χ3n) is 2.50. The molecule has 1 unspecified atom stereocenters. The lowest BCUT2D eigenvalue weighted by Crippen LogP contribution is -2.29. The minimum atomic E-state index is 0.0103. The summed E-state index contributed by atoms with van der Waals surface area (Å²) in [7, 11) is 0. The summed E-state index contributed by atoms with van der Waals surface area (Å²) in [5.74, 6) is 0.319. The highest BCUT2D eigenvalue weighted by Crippen LogP contribution is 2.13. The Bertz CT molecular complexity index is 334. The zero-order valence-corrected chi connectivity index (χ0v) is 8.55. The van der Waals surface area contributed by atoms with Crippen LogP contribution in [0.25, 0.3) is 0 Å². The fourth-order valence-electron chi connectivity index (χ4n) is 1.70. The van der Waals surface area contributed by atoms with Crippen LogP contribution in [0.15, 0.2) is 24.3 Å². The van der Waals surface area contributed by atoms with E-state index in [0.717, 1.165) is 23.6 Å². The Kier molecular flexibility index (Phi) is 2.85. The van der Waals surface area contributed by atoms with Crippen molar-refractivity contribution >= 4 is 17.4 Å². The van der Waals surface area contributed by atoms with Gasteiger partial charge in [-0.15, -0.1) is 0 Å². The first-order valence-electron chi connectivity index (χ1n) is 4.76. The first-order chi connectivity index (χ1) is 6.75. The van der Waals surface area contributed by atoms with E-state index in [1.165, 1.54) is 0 Å². The highest BCUT2D eigenvalue weighted by Gasteiger charge is 2.23. The molecule has 1 aromatic rings. The lowest BCUT2D eigenvalue weighted by Gasteiger charge is -2.08. The van der Waals surface area contributed by atoms with Crippen molar-refractivity contribution in [2.75, 3.05) is 6.54 Å². The largest absolute Gasteiger partial charge is 0.307 e. The van der Waals surface area contributed by atoms with Crippen LogP contribution in [0.3, 0.4) is 0 Å². The fraction of sp³-hybridized carbons (Fsp3) is 0.364. The van der Waals surface area contributed by atoms with Crippen LogP contribution in [0.5, 0.6) is 0 Å². The summed E-state index contributed by atoms with van der Waals surface area (Å²) in [6, 6.07) is 7.66. The molecule has 1 heterocycles. The minimum absolute atomic E-state index is 0.0103. The average molecular weight is 210 g/mol. The van der Waals surface area contributed by atoms with E-state index in [-0.39, 0.29) is 6.04 Å². The molecule has 1 fully saturated rings. The Balaban J connectivity index is 2.03. The second-order valence-corrected chi connectivity index (χ2v) is 3.99. The van der Waals surface area contributed by atoms with Gasteiger partial charge in [0.25, 0.3) is 0 Å². The van der Waals surface area contributed by atoms with Crippen molar-refractivity contribution in [1.82, 2.24) is 5.32 Å². The van der Waals surface area contributed by atoms with Gasteiger partial charge in [0.2, 0.25) is 0 Å². The smallest absolute Gasteiger partial charge is 0.151 e. The Morgan fingerprint density at radius 3 is 2.64 bits per heavy atom. The minimum Gasteiger partial charge on any atom is -0.307 e. The van der Waals surface area contributed by atoms with Gasteiger partial charge >= 0.3 is 0 Å². The molecule has 0 aromatic heterocycles. The van der Waals surface area contributed by atoms with Gasteiger partial charge < -0.3 is 5.32 Å². The third kappa shape index (κ3) is 2.14. The van der Waals surface area contributed by atoms with Gasteiger partial charge in [0, 0.05) is 18.0 Å². The number of hydrogen-bond acceptors (Lipinski definition) is 2. The van der Waals surface area contributed by atoms with Crippen molar-refractivity contribution in [3.8, 4) is 0 Å². The maximum Gasteiger partial charge on any atom is 0.151 e. The second kappa shape index (κ2) is 4.11.